The van der Waals surface area contributed by atoms with Gasteiger partial charge in [0.15, 0.2) is 6.04 Å². The van der Waals surface area contributed by atoms with E-state index in [2.05, 4.69) is 14.1 Å². The van der Waals surface area contributed by atoms with Crippen LogP contribution in [0.3, 0.4) is 0 Å². The van der Waals surface area contributed by atoms with Crippen molar-refractivity contribution in [2.45, 2.75) is 19.1 Å². The van der Waals surface area contributed by atoms with E-state index in [1.165, 1.54) is 12.1 Å². The molecule has 1 aromatic rings. The molecule has 0 saturated heterocycles. The summed E-state index contributed by atoms with van der Waals surface area (Å²) in [7, 11) is -3.01. The van der Waals surface area contributed by atoms with Crippen LogP contribution < -0.4 is 4.72 Å². The number of hydrogen-bond acceptors (Lipinski definition) is 5. The first-order valence-corrected chi connectivity index (χ1v) is 7.76. The number of amidine groups is 1. The van der Waals surface area contributed by atoms with Crippen molar-refractivity contribution in [3.8, 4) is 0 Å². The Kier molecular flexibility index (Phi) is 3.97. The molecule has 0 unspecified atom stereocenters. The molecule has 1 aromatic heterocycles. The van der Waals surface area contributed by atoms with Crippen molar-refractivity contribution in [2.75, 3.05) is 7.11 Å². The van der Waals surface area contributed by atoms with E-state index >= 15 is 0 Å². The lowest BCUT2D eigenvalue weighted by Gasteiger charge is -2.15. The van der Waals surface area contributed by atoms with E-state index in [4.69, 9.17) is 0 Å². The molecule has 1 atom stereocenters. The molecule has 0 bridgehead atoms. The molecule has 6 nitrogen and oxygen atoms in total. The Hall–Kier alpha value is -1.62. The predicted octanol–water partition coefficient (Wildman–Crippen LogP) is 1.95. The Morgan fingerprint density at radius 2 is 2.10 bits per heavy atom. The third-order valence-corrected chi connectivity index (χ3v) is 4.33. The quantitative estimate of drug-likeness (QED) is 0.893. The number of hydrogen-bond donors (Lipinski definition) is 1. The minimum atomic E-state index is -4.67. The largest absolute Gasteiger partial charge is 0.478 e. The number of nitrogens with zero attached hydrogens (tertiary/aromatic N) is 2. The molecule has 0 spiro atoms. The topological polar surface area (TPSA) is 80.1 Å². The first kappa shape index (κ1) is 15.8. The maximum absolute atomic E-state index is 13.1. The number of thiophene rings is 1. The van der Waals surface area contributed by atoms with Gasteiger partial charge in [-0.1, -0.05) is 0 Å². The normalized spacial score (nSPS) is 21.0. The molecule has 11 heteroatoms. The van der Waals surface area contributed by atoms with E-state index in [1.807, 2.05) is 4.72 Å². The highest BCUT2D eigenvalue weighted by molar-refractivity contribution is 7.89. The summed E-state index contributed by atoms with van der Waals surface area (Å²) in [5.74, 6) is -1.07. The number of aliphatic imine (C=N–C) groups is 1. The predicted molar refractivity (Wildman–Crippen MR) is 71.8 cm³/mol. The summed E-state index contributed by atoms with van der Waals surface area (Å²) < 4.78 is 71.4. The van der Waals surface area contributed by atoms with Crippen molar-refractivity contribution < 1.29 is 26.3 Å². The lowest BCUT2D eigenvalue weighted by atomic mass is 10.2. The van der Waals surface area contributed by atoms with Gasteiger partial charge < -0.3 is 4.74 Å². The Morgan fingerprint density at radius 1 is 1.43 bits per heavy atom. The van der Waals surface area contributed by atoms with Gasteiger partial charge in [0.2, 0.25) is 5.84 Å². The summed E-state index contributed by atoms with van der Waals surface area (Å²) >= 11 is 0.930. The number of rotatable bonds is 2. The molecule has 21 heavy (non-hydrogen) atoms. The lowest BCUT2D eigenvalue weighted by Crippen LogP contribution is -2.30. The van der Waals surface area contributed by atoms with Crippen LogP contribution in [0.2, 0.25) is 0 Å². The standard InChI is InChI=1S/C10H10F3N3O3S2/c1-5-3-4-6(20-5)7(10(11,12)13)14-8-9(19-2)16-21(17,18)15-8/h3-4,7H,1-2H3,(H,14,15)/t7-/m0/s1. The maximum Gasteiger partial charge on any atom is 0.415 e. The third-order valence-electron chi connectivity index (χ3n) is 2.42. The lowest BCUT2D eigenvalue weighted by molar-refractivity contribution is -0.147. The van der Waals surface area contributed by atoms with Gasteiger partial charge in [0.25, 0.3) is 5.90 Å². The first-order valence-electron chi connectivity index (χ1n) is 5.50. The monoisotopic (exact) mass is 341 g/mol. The molecule has 0 saturated carbocycles. The maximum atomic E-state index is 13.1. The summed E-state index contributed by atoms with van der Waals surface area (Å²) in [5.41, 5.74) is 0. The molecule has 2 heterocycles. The highest BCUT2D eigenvalue weighted by atomic mass is 32.2. The minimum absolute atomic E-state index is 0.0472. The number of ether oxygens (including phenoxy) is 1. The van der Waals surface area contributed by atoms with Crippen molar-refractivity contribution in [2.24, 2.45) is 9.39 Å². The number of aryl methyl sites for hydroxylation is 1. The molecule has 0 radical (unpaired) electrons. The number of alkyl halides is 3. The van der Waals surface area contributed by atoms with Gasteiger partial charge in [0, 0.05) is 9.75 Å². The van der Waals surface area contributed by atoms with Gasteiger partial charge in [-0.2, -0.15) is 21.6 Å². The van der Waals surface area contributed by atoms with E-state index in [9.17, 15) is 21.6 Å². The van der Waals surface area contributed by atoms with Gasteiger partial charge in [-0.25, -0.2) is 9.71 Å². The van der Waals surface area contributed by atoms with Crippen molar-refractivity contribution in [1.29, 1.82) is 0 Å². The highest BCUT2D eigenvalue weighted by Crippen LogP contribution is 2.39. The van der Waals surface area contributed by atoms with Crippen LogP contribution in [0, 0.1) is 6.92 Å². The van der Waals surface area contributed by atoms with Crippen LogP contribution >= 0.6 is 11.3 Å². The smallest absolute Gasteiger partial charge is 0.415 e. The highest BCUT2D eigenvalue weighted by Gasteiger charge is 2.43. The summed E-state index contributed by atoms with van der Waals surface area (Å²) in [6.45, 7) is 1.66. The Labute approximate surface area is 122 Å². The summed E-state index contributed by atoms with van der Waals surface area (Å²) in [4.78, 5) is 4.07. The fraction of sp³-hybridized carbons (Fsp3) is 0.400. The van der Waals surface area contributed by atoms with Crippen molar-refractivity contribution in [1.82, 2.24) is 4.72 Å². The van der Waals surface area contributed by atoms with Crippen molar-refractivity contribution in [3.63, 3.8) is 0 Å². The second kappa shape index (κ2) is 5.30. The summed E-state index contributed by atoms with van der Waals surface area (Å²) in [6.07, 6.45) is -4.67. The zero-order valence-electron chi connectivity index (χ0n) is 10.8. The van der Waals surface area contributed by atoms with E-state index in [0.29, 0.717) is 4.88 Å². The molecule has 0 aliphatic carbocycles. The molecular weight excluding hydrogens is 331 g/mol. The average molecular weight is 341 g/mol. The Morgan fingerprint density at radius 3 is 2.57 bits per heavy atom. The van der Waals surface area contributed by atoms with Crippen LogP contribution in [0.15, 0.2) is 21.5 Å². The van der Waals surface area contributed by atoms with Crippen LogP contribution in [0.1, 0.15) is 15.8 Å². The van der Waals surface area contributed by atoms with E-state index in [-0.39, 0.29) is 4.88 Å². The second-order valence-corrected chi connectivity index (χ2v) is 6.70. The Balaban J connectivity index is 2.45. The van der Waals surface area contributed by atoms with Crippen LogP contribution in [0.4, 0.5) is 13.2 Å². The van der Waals surface area contributed by atoms with Crippen LogP contribution in [0.5, 0.6) is 0 Å². The average Bonchev–Trinajstić information content (AvgIpc) is 2.87. The SMILES string of the molecule is COC1=NS(=O)(=O)NC1=N[C@@H](c1ccc(C)s1)C(F)(F)F. The molecule has 1 aliphatic rings. The fourth-order valence-corrected chi connectivity index (χ4v) is 3.34. The second-order valence-electron chi connectivity index (χ2n) is 4.05. The zero-order valence-corrected chi connectivity index (χ0v) is 12.4. The van der Waals surface area contributed by atoms with Gasteiger partial charge in [-0.15, -0.1) is 15.7 Å². The fourth-order valence-electron chi connectivity index (χ4n) is 1.58. The van der Waals surface area contributed by atoms with Crippen LogP contribution in [-0.2, 0) is 14.9 Å². The first-order chi connectivity index (χ1) is 9.62. The van der Waals surface area contributed by atoms with Crippen molar-refractivity contribution in [3.05, 3.63) is 21.9 Å². The van der Waals surface area contributed by atoms with Gasteiger partial charge in [0.1, 0.15) is 0 Å². The zero-order chi connectivity index (χ0) is 15.8. The summed E-state index contributed by atoms with van der Waals surface area (Å²) in [5, 5.41) is 0. The molecule has 1 N–H and O–H groups in total. The molecule has 0 fully saturated rings. The molecule has 116 valence electrons. The minimum Gasteiger partial charge on any atom is -0.478 e. The van der Waals surface area contributed by atoms with E-state index < -0.39 is 34.2 Å². The van der Waals surface area contributed by atoms with Gasteiger partial charge in [-0.3, -0.25) is 0 Å². The molecule has 2 rings (SSSR count). The van der Waals surface area contributed by atoms with Crippen LogP contribution in [0.25, 0.3) is 0 Å². The van der Waals surface area contributed by atoms with Crippen molar-refractivity contribution >= 4 is 33.3 Å². The summed E-state index contributed by atoms with van der Waals surface area (Å²) in [6, 6.07) is 0.644. The Bertz CT molecular complexity index is 707. The molecular formula is C10H10F3N3O3S2. The number of nitrogens with one attached hydrogen (secondary N) is 1. The van der Waals surface area contributed by atoms with Crippen LogP contribution in [-0.4, -0.2) is 33.4 Å². The van der Waals surface area contributed by atoms with E-state index in [1.54, 1.807) is 6.92 Å². The third kappa shape index (κ3) is 3.53. The molecule has 1 aliphatic heterocycles. The number of halogens is 3. The van der Waals surface area contributed by atoms with Gasteiger partial charge >= 0.3 is 16.4 Å². The number of methoxy groups -OCH3 is 1. The van der Waals surface area contributed by atoms with Gasteiger partial charge in [0.05, 0.1) is 7.11 Å². The van der Waals surface area contributed by atoms with Gasteiger partial charge in [-0.05, 0) is 19.1 Å². The van der Waals surface area contributed by atoms with E-state index in [0.717, 1.165) is 18.4 Å². The molecule has 0 amide bonds. The molecule has 0 aromatic carbocycles.